The SMILES string of the molecule is CCCOCc1ccccc1CNC(=O)c1ccc(C(=O)OC)cn1. The second-order valence-electron chi connectivity index (χ2n) is 5.43. The van der Waals surface area contributed by atoms with Gasteiger partial charge in [0.2, 0.25) is 0 Å². The third-order valence-corrected chi connectivity index (χ3v) is 3.58. The van der Waals surface area contributed by atoms with Crippen molar-refractivity contribution < 1.29 is 19.1 Å². The van der Waals surface area contributed by atoms with E-state index in [1.54, 1.807) is 0 Å². The van der Waals surface area contributed by atoms with Crippen LogP contribution in [0.1, 0.15) is 45.3 Å². The quantitative estimate of drug-likeness (QED) is 0.589. The molecule has 0 aliphatic heterocycles. The minimum atomic E-state index is -0.486. The first-order valence-corrected chi connectivity index (χ1v) is 8.12. The molecule has 1 amide bonds. The zero-order valence-corrected chi connectivity index (χ0v) is 14.5. The molecule has 0 spiro atoms. The van der Waals surface area contributed by atoms with Gasteiger partial charge in [0, 0.05) is 19.3 Å². The summed E-state index contributed by atoms with van der Waals surface area (Å²) in [5.74, 6) is -0.791. The molecule has 2 aromatic rings. The lowest BCUT2D eigenvalue weighted by molar-refractivity contribution is 0.0599. The van der Waals surface area contributed by atoms with E-state index in [1.807, 2.05) is 24.3 Å². The Balaban J connectivity index is 1.97. The van der Waals surface area contributed by atoms with Crippen LogP contribution in [0.5, 0.6) is 0 Å². The third-order valence-electron chi connectivity index (χ3n) is 3.58. The smallest absolute Gasteiger partial charge is 0.339 e. The van der Waals surface area contributed by atoms with Crippen molar-refractivity contribution in [3.63, 3.8) is 0 Å². The monoisotopic (exact) mass is 342 g/mol. The Bertz CT molecular complexity index is 714. The van der Waals surface area contributed by atoms with Crippen molar-refractivity contribution in [3.8, 4) is 0 Å². The van der Waals surface area contributed by atoms with E-state index >= 15 is 0 Å². The Morgan fingerprint density at radius 3 is 2.52 bits per heavy atom. The molecule has 0 unspecified atom stereocenters. The largest absolute Gasteiger partial charge is 0.465 e. The molecule has 0 saturated carbocycles. The number of rotatable bonds is 8. The number of hydrogen-bond acceptors (Lipinski definition) is 5. The van der Waals surface area contributed by atoms with Gasteiger partial charge in [-0.2, -0.15) is 0 Å². The Kier molecular flexibility index (Phi) is 7.10. The predicted octanol–water partition coefficient (Wildman–Crippen LogP) is 2.72. The summed E-state index contributed by atoms with van der Waals surface area (Å²) >= 11 is 0. The van der Waals surface area contributed by atoms with Crippen LogP contribution in [-0.4, -0.2) is 30.6 Å². The summed E-state index contributed by atoms with van der Waals surface area (Å²) in [6.45, 7) is 3.67. The van der Waals surface area contributed by atoms with E-state index in [2.05, 4.69) is 22.0 Å². The summed E-state index contributed by atoms with van der Waals surface area (Å²) in [5.41, 5.74) is 2.59. The molecule has 6 heteroatoms. The van der Waals surface area contributed by atoms with Crippen molar-refractivity contribution in [1.29, 1.82) is 0 Å². The van der Waals surface area contributed by atoms with Crippen molar-refractivity contribution in [2.24, 2.45) is 0 Å². The van der Waals surface area contributed by atoms with Crippen LogP contribution in [0.15, 0.2) is 42.6 Å². The molecular formula is C19H22N2O4. The van der Waals surface area contributed by atoms with Gasteiger partial charge >= 0.3 is 5.97 Å². The lowest BCUT2D eigenvalue weighted by Gasteiger charge is -2.11. The second-order valence-corrected chi connectivity index (χ2v) is 5.43. The molecule has 1 heterocycles. The van der Waals surface area contributed by atoms with E-state index in [0.717, 1.165) is 17.5 Å². The molecule has 0 fully saturated rings. The zero-order chi connectivity index (χ0) is 18.1. The van der Waals surface area contributed by atoms with Crippen LogP contribution in [0, 0.1) is 0 Å². The maximum Gasteiger partial charge on any atom is 0.339 e. The number of hydrogen-bond donors (Lipinski definition) is 1. The van der Waals surface area contributed by atoms with E-state index in [1.165, 1.54) is 25.4 Å². The molecule has 25 heavy (non-hydrogen) atoms. The lowest BCUT2D eigenvalue weighted by Crippen LogP contribution is -2.24. The van der Waals surface area contributed by atoms with Gasteiger partial charge in [-0.3, -0.25) is 9.78 Å². The van der Waals surface area contributed by atoms with Crippen LogP contribution in [0.2, 0.25) is 0 Å². The fraction of sp³-hybridized carbons (Fsp3) is 0.316. The molecule has 132 valence electrons. The normalized spacial score (nSPS) is 10.3. The van der Waals surface area contributed by atoms with Crippen molar-refractivity contribution in [3.05, 3.63) is 65.0 Å². The summed E-state index contributed by atoms with van der Waals surface area (Å²) in [5, 5.41) is 2.84. The zero-order valence-electron chi connectivity index (χ0n) is 14.5. The first-order valence-electron chi connectivity index (χ1n) is 8.12. The highest BCUT2D eigenvalue weighted by molar-refractivity contribution is 5.94. The first kappa shape index (κ1) is 18.6. The fourth-order valence-electron chi connectivity index (χ4n) is 2.23. The number of carbonyl (C=O) groups is 2. The van der Waals surface area contributed by atoms with E-state index in [-0.39, 0.29) is 11.6 Å². The van der Waals surface area contributed by atoms with Gasteiger partial charge in [-0.25, -0.2) is 4.79 Å². The molecule has 0 saturated heterocycles. The Hall–Kier alpha value is -2.73. The van der Waals surface area contributed by atoms with Gasteiger partial charge in [0.1, 0.15) is 5.69 Å². The molecule has 6 nitrogen and oxygen atoms in total. The van der Waals surface area contributed by atoms with E-state index in [4.69, 9.17) is 4.74 Å². The maximum absolute atomic E-state index is 12.2. The van der Waals surface area contributed by atoms with Gasteiger partial charge < -0.3 is 14.8 Å². The molecule has 1 aromatic carbocycles. The number of pyridine rings is 1. The molecule has 1 N–H and O–H groups in total. The maximum atomic E-state index is 12.2. The summed E-state index contributed by atoms with van der Waals surface area (Å²) < 4.78 is 10.2. The average molecular weight is 342 g/mol. The predicted molar refractivity (Wildman–Crippen MR) is 93.1 cm³/mol. The Labute approximate surface area is 147 Å². The molecule has 1 aromatic heterocycles. The highest BCUT2D eigenvalue weighted by atomic mass is 16.5. The van der Waals surface area contributed by atoms with Crippen molar-refractivity contribution in [1.82, 2.24) is 10.3 Å². The minimum absolute atomic E-state index is 0.243. The van der Waals surface area contributed by atoms with Crippen LogP contribution in [-0.2, 0) is 22.6 Å². The molecule has 0 atom stereocenters. The number of benzene rings is 1. The van der Waals surface area contributed by atoms with E-state index in [9.17, 15) is 9.59 Å². The first-order chi connectivity index (χ1) is 12.2. The van der Waals surface area contributed by atoms with E-state index < -0.39 is 5.97 Å². The number of nitrogens with zero attached hydrogens (tertiary/aromatic N) is 1. The lowest BCUT2D eigenvalue weighted by atomic mass is 10.1. The summed E-state index contributed by atoms with van der Waals surface area (Å²) in [7, 11) is 1.30. The number of amides is 1. The molecule has 0 aliphatic rings. The highest BCUT2D eigenvalue weighted by Crippen LogP contribution is 2.11. The molecule has 2 rings (SSSR count). The molecule has 0 aliphatic carbocycles. The number of aromatic nitrogens is 1. The summed E-state index contributed by atoms with van der Waals surface area (Å²) in [6.07, 6.45) is 2.29. The average Bonchev–Trinajstić information content (AvgIpc) is 2.66. The minimum Gasteiger partial charge on any atom is -0.465 e. The van der Waals surface area contributed by atoms with Crippen LogP contribution in [0.25, 0.3) is 0 Å². The number of carbonyl (C=O) groups excluding carboxylic acids is 2. The highest BCUT2D eigenvalue weighted by Gasteiger charge is 2.11. The number of ether oxygens (including phenoxy) is 2. The van der Waals surface area contributed by atoms with Gasteiger partial charge in [-0.1, -0.05) is 31.2 Å². The summed E-state index contributed by atoms with van der Waals surface area (Å²) in [4.78, 5) is 27.6. The second kappa shape index (κ2) is 9.54. The number of nitrogens with one attached hydrogen (secondary N) is 1. The molecule has 0 bridgehead atoms. The van der Waals surface area contributed by atoms with Crippen molar-refractivity contribution >= 4 is 11.9 Å². The Morgan fingerprint density at radius 2 is 1.88 bits per heavy atom. The fourth-order valence-corrected chi connectivity index (χ4v) is 2.23. The van der Waals surface area contributed by atoms with E-state index in [0.29, 0.717) is 25.3 Å². The van der Waals surface area contributed by atoms with Gasteiger partial charge in [0.05, 0.1) is 19.3 Å². The van der Waals surface area contributed by atoms with Gasteiger partial charge in [0.25, 0.3) is 5.91 Å². The van der Waals surface area contributed by atoms with Crippen LogP contribution in [0.3, 0.4) is 0 Å². The molecule has 0 radical (unpaired) electrons. The van der Waals surface area contributed by atoms with Crippen molar-refractivity contribution in [2.45, 2.75) is 26.5 Å². The number of methoxy groups -OCH3 is 1. The van der Waals surface area contributed by atoms with Crippen LogP contribution >= 0.6 is 0 Å². The van der Waals surface area contributed by atoms with Gasteiger partial charge in [-0.15, -0.1) is 0 Å². The van der Waals surface area contributed by atoms with Gasteiger partial charge in [0.15, 0.2) is 0 Å². The van der Waals surface area contributed by atoms with Gasteiger partial charge in [-0.05, 0) is 29.7 Å². The standard InChI is InChI=1S/C19H22N2O4/c1-3-10-25-13-16-7-5-4-6-14(16)11-21-18(22)17-9-8-15(12-20-17)19(23)24-2/h4-9,12H,3,10-11,13H2,1-2H3,(H,21,22). The van der Waals surface area contributed by atoms with Crippen LogP contribution in [0.4, 0.5) is 0 Å². The third kappa shape index (κ3) is 5.39. The number of esters is 1. The topological polar surface area (TPSA) is 77.5 Å². The van der Waals surface area contributed by atoms with Crippen molar-refractivity contribution in [2.75, 3.05) is 13.7 Å². The van der Waals surface area contributed by atoms with Crippen LogP contribution < -0.4 is 5.32 Å². The Morgan fingerprint density at radius 1 is 1.12 bits per heavy atom. The summed E-state index contributed by atoms with van der Waals surface area (Å²) in [6, 6.07) is 10.8. The molecular weight excluding hydrogens is 320 g/mol.